The summed E-state index contributed by atoms with van der Waals surface area (Å²) in [6.07, 6.45) is 2.04. The molecule has 0 atom stereocenters. The Kier molecular flexibility index (Phi) is 4.29. The molecule has 122 valence electrons. The third-order valence-electron chi connectivity index (χ3n) is 3.90. The van der Waals surface area contributed by atoms with Gasteiger partial charge in [0, 0.05) is 23.6 Å². The number of hydrogen-bond donors (Lipinski definition) is 0. The fourth-order valence-corrected chi connectivity index (χ4v) is 2.73. The van der Waals surface area contributed by atoms with E-state index in [9.17, 15) is 10.1 Å². The minimum atomic E-state index is -0.414. The molecule has 0 bridgehead atoms. The minimum Gasteiger partial charge on any atom is -0.493 e. The maximum absolute atomic E-state index is 11.4. The highest BCUT2D eigenvalue weighted by Crippen LogP contribution is 2.35. The van der Waals surface area contributed by atoms with Gasteiger partial charge in [-0.05, 0) is 17.5 Å². The van der Waals surface area contributed by atoms with E-state index >= 15 is 0 Å². The molecular formula is C18H16N2O4. The molecule has 0 N–H and O–H groups in total. The van der Waals surface area contributed by atoms with Crippen molar-refractivity contribution in [2.45, 2.75) is 6.42 Å². The Morgan fingerprint density at radius 3 is 2.50 bits per heavy atom. The van der Waals surface area contributed by atoms with Crippen molar-refractivity contribution in [2.24, 2.45) is 0 Å². The number of nitrogens with zero attached hydrogens (tertiary/aromatic N) is 2. The van der Waals surface area contributed by atoms with E-state index in [2.05, 4.69) is 4.98 Å². The normalized spacial score (nSPS) is 10.6. The van der Waals surface area contributed by atoms with Crippen molar-refractivity contribution < 1.29 is 14.4 Å². The SMILES string of the molecule is COc1cc(Cc2nccc3ccccc23)c([N+](=O)[O-])cc1OC. The van der Waals surface area contributed by atoms with Gasteiger partial charge in [-0.1, -0.05) is 24.3 Å². The second-order valence-electron chi connectivity index (χ2n) is 5.25. The number of ether oxygens (including phenoxy) is 2. The summed E-state index contributed by atoms with van der Waals surface area (Å²) in [5.74, 6) is 0.789. The lowest BCUT2D eigenvalue weighted by Crippen LogP contribution is -2.01. The van der Waals surface area contributed by atoms with Gasteiger partial charge < -0.3 is 9.47 Å². The standard InChI is InChI=1S/C18H16N2O4/c1-23-17-10-13(16(20(21)22)11-18(17)24-2)9-15-14-6-4-3-5-12(14)7-8-19-15/h3-8,10-11H,9H2,1-2H3. The van der Waals surface area contributed by atoms with E-state index in [0.29, 0.717) is 23.5 Å². The average molecular weight is 324 g/mol. The Balaban J connectivity index is 2.13. The van der Waals surface area contributed by atoms with Gasteiger partial charge in [-0.25, -0.2) is 0 Å². The van der Waals surface area contributed by atoms with Crippen LogP contribution >= 0.6 is 0 Å². The lowest BCUT2D eigenvalue weighted by Gasteiger charge is -2.11. The Bertz CT molecular complexity index is 903. The number of rotatable bonds is 5. The van der Waals surface area contributed by atoms with Crippen molar-refractivity contribution in [3.8, 4) is 11.5 Å². The van der Waals surface area contributed by atoms with Crippen LogP contribution in [-0.2, 0) is 6.42 Å². The van der Waals surface area contributed by atoms with Gasteiger partial charge in [0.15, 0.2) is 11.5 Å². The van der Waals surface area contributed by atoms with Gasteiger partial charge in [0.1, 0.15) is 0 Å². The maximum atomic E-state index is 11.4. The van der Waals surface area contributed by atoms with Crippen molar-refractivity contribution in [3.63, 3.8) is 0 Å². The van der Waals surface area contributed by atoms with Gasteiger partial charge in [-0.15, -0.1) is 0 Å². The van der Waals surface area contributed by atoms with E-state index in [1.54, 1.807) is 12.3 Å². The number of nitro benzene ring substituents is 1. The van der Waals surface area contributed by atoms with E-state index in [1.165, 1.54) is 20.3 Å². The highest BCUT2D eigenvalue weighted by atomic mass is 16.6. The molecule has 3 aromatic rings. The van der Waals surface area contributed by atoms with Crippen LogP contribution in [0.1, 0.15) is 11.3 Å². The summed E-state index contributed by atoms with van der Waals surface area (Å²) >= 11 is 0. The Hall–Kier alpha value is -3.15. The summed E-state index contributed by atoms with van der Waals surface area (Å²) in [6, 6.07) is 12.8. The highest BCUT2D eigenvalue weighted by Gasteiger charge is 2.20. The Labute approximate surface area is 138 Å². The Morgan fingerprint density at radius 1 is 1.08 bits per heavy atom. The molecule has 0 amide bonds. The van der Waals surface area contributed by atoms with Crippen molar-refractivity contribution in [2.75, 3.05) is 14.2 Å². The monoisotopic (exact) mass is 324 g/mol. The second kappa shape index (κ2) is 6.54. The zero-order valence-corrected chi connectivity index (χ0v) is 13.4. The number of aromatic nitrogens is 1. The number of benzene rings is 2. The largest absolute Gasteiger partial charge is 0.493 e. The lowest BCUT2D eigenvalue weighted by molar-refractivity contribution is -0.385. The van der Waals surface area contributed by atoms with E-state index in [0.717, 1.165) is 16.5 Å². The van der Waals surface area contributed by atoms with Crippen LogP contribution in [0.4, 0.5) is 5.69 Å². The molecule has 6 heteroatoms. The van der Waals surface area contributed by atoms with E-state index in [-0.39, 0.29) is 5.69 Å². The molecular weight excluding hydrogens is 308 g/mol. The number of nitro groups is 1. The molecule has 1 heterocycles. The number of hydrogen-bond acceptors (Lipinski definition) is 5. The van der Waals surface area contributed by atoms with Gasteiger partial charge in [0.05, 0.1) is 30.9 Å². The summed E-state index contributed by atoms with van der Waals surface area (Å²) in [5.41, 5.74) is 1.30. The number of fused-ring (bicyclic) bond motifs is 1. The van der Waals surface area contributed by atoms with E-state index < -0.39 is 4.92 Å². The molecule has 0 aliphatic heterocycles. The van der Waals surface area contributed by atoms with E-state index in [1.807, 2.05) is 30.3 Å². The first-order chi connectivity index (χ1) is 11.6. The average Bonchev–Trinajstić information content (AvgIpc) is 2.61. The third kappa shape index (κ3) is 2.86. The summed E-state index contributed by atoms with van der Waals surface area (Å²) in [6.45, 7) is 0. The zero-order chi connectivity index (χ0) is 17.1. The van der Waals surface area contributed by atoms with Gasteiger partial charge in [0.25, 0.3) is 5.69 Å². The van der Waals surface area contributed by atoms with Crippen molar-refractivity contribution >= 4 is 16.5 Å². The molecule has 0 aliphatic rings. The molecule has 0 unspecified atom stereocenters. The van der Waals surface area contributed by atoms with Gasteiger partial charge in [0.2, 0.25) is 0 Å². The van der Waals surface area contributed by atoms with Crippen molar-refractivity contribution in [1.82, 2.24) is 4.98 Å². The predicted molar refractivity (Wildman–Crippen MR) is 90.7 cm³/mol. The topological polar surface area (TPSA) is 74.5 Å². The van der Waals surface area contributed by atoms with Crippen LogP contribution in [0, 0.1) is 10.1 Å². The molecule has 0 aliphatic carbocycles. The maximum Gasteiger partial charge on any atom is 0.276 e. The minimum absolute atomic E-state index is 0.0117. The molecule has 2 aromatic carbocycles. The number of methoxy groups -OCH3 is 2. The van der Waals surface area contributed by atoms with Gasteiger partial charge in [-0.2, -0.15) is 0 Å². The van der Waals surface area contributed by atoms with Crippen LogP contribution in [0.3, 0.4) is 0 Å². The molecule has 0 radical (unpaired) electrons. The molecule has 0 saturated heterocycles. The fourth-order valence-electron chi connectivity index (χ4n) is 2.73. The van der Waals surface area contributed by atoms with Crippen molar-refractivity contribution in [3.05, 3.63) is 70.0 Å². The van der Waals surface area contributed by atoms with Crippen molar-refractivity contribution in [1.29, 1.82) is 0 Å². The summed E-state index contributed by atoms with van der Waals surface area (Å²) in [5, 5.41) is 13.5. The number of pyridine rings is 1. The van der Waals surface area contributed by atoms with Crippen LogP contribution in [0.5, 0.6) is 11.5 Å². The van der Waals surface area contributed by atoms with Gasteiger partial charge >= 0.3 is 0 Å². The first-order valence-corrected chi connectivity index (χ1v) is 7.36. The van der Waals surface area contributed by atoms with Crippen LogP contribution in [0.25, 0.3) is 10.8 Å². The molecule has 0 spiro atoms. The Morgan fingerprint density at radius 2 is 1.79 bits per heavy atom. The third-order valence-corrected chi connectivity index (χ3v) is 3.90. The quantitative estimate of drug-likeness (QED) is 0.528. The second-order valence-corrected chi connectivity index (χ2v) is 5.25. The lowest BCUT2D eigenvalue weighted by atomic mass is 10.0. The smallest absolute Gasteiger partial charge is 0.276 e. The predicted octanol–water partition coefficient (Wildman–Crippen LogP) is 3.75. The highest BCUT2D eigenvalue weighted by molar-refractivity contribution is 5.84. The first-order valence-electron chi connectivity index (χ1n) is 7.36. The first kappa shape index (κ1) is 15.7. The van der Waals surface area contributed by atoms with Crippen LogP contribution in [0.15, 0.2) is 48.7 Å². The molecule has 0 saturated carbocycles. The molecule has 3 rings (SSSR count). The fraction of sp³-hybridized carbons (Fsp3) is 0.167. The molecule has 0 fully saturated rings. The zero-order valence-electron chi connectivity index (χ0n) is 13.4. The van der Waals surface area contributed by atoms with Crippen LogP contribution in [0.2, 0.25) is 0 Å². The summed E-state index contributed by atoms with van der Waals surface area (Å²) in [4.78, 5) is 15.4. The molecule has 6 nitrogen and oxygen atoms in total. The van der Waals surface area contributed by atoms with Crippen LogP contribution in [-0.4, -0.2) is 24.1 Å². The van der Waals surface area contributed by atoms with Crippen LogP contribution < -0.4 is 9.47 Å². The summed E-state index contributed by atoms with van der Waals surface area (Å²) < 4.78 is 10.4. The van der Waals surface area contributed by atoms with Gasteiger partial charge in [-0.3, -0.25) is 15.1 Å². The molecule has 1 aromatic heterocycles. The van der Waals surface area contributed by atoms with E-state index in [4.69, 9.17) is 9.47 Å². The summed E-state index contributed by atoms with van der Waals surface area (Å²) in [7, 11) is 2.96. The molecule has 24 heavy (non-hydrogen) atoms.